The average Bonchev–Trinajstić information content (AvgIpc) is 2.29. The third kappa shape index (κ3) is 2.24. The van der Waals surface area contributed by atoms with Crippen LogP contribution in [0.25, 0.3) is 11.3 Å². The summed E-state index contributed by atoms with van der Waals surface area (Å²) >= 11 is 1.40. The van der Waals surface area contributed by atoms with Crippen LogP contribution in [0.4, 0.5) is 0 Å². The number of H-pyrrole nitrogens is 1. The summed E-state index contributed by atoms with van der Waals surface area (Å²) in [5, 5.41) is 0.612. The summed E-state index contributed by atoms with van der Waals surface area (Å²) in [6.45, 7) is 0. The second-order valence-electron chi connectivity index (χ2n) is 2.88. The van der Waals surface area contributed by atoms with Gasteiger partial charge in [0.05, 0.1) is 5.69 Å². The predicted octanol–water partition coefficient (Wildman–Crippen LogP) is 1.55. The molecule has 0 atom stereocenters. The second-order valence-corrected chi connectivity index (χ2v) is 3.68. The Kier molecular flexibility index (Phi) is 2.82. The average molecular weight is 219 g/mol. The van der Waals surface area contributed by atoms with Crippen LogP contribution in [0.2, 0.25) is 0 Å². The van der Waals surface area contributed by atoms with Crippen molar-refractivity contribution < 1.29 is 0 Å². The van der Waals surface area contributed by atoms with E-state index in [4.69, 9.17) is 0 Å². The fourth-order valence-electron chi connectivity index (χ4n) is 1.19. The summed E-state index contributed by atoms with van der Waals surface area (Å²) in [6, 6.07) is 5.16. The van der Waals surface area contributed by atoms with Gasteiger partial charge in [0.15, 0.2) is 5.16 Å². The van der Waals surface area contributed by atoms with Crippen LogP contribution in [0.15, 0.2) is 40.5 Å². The molecular formula is C10H9N3OS. The van der Waals surface area contributed by atoms with E-state index in [2.05, 4.69) is 15.0 Å². The van der Waals surface area contributed by atoms with Crippen molar-refractivity contribution in [1.29, 1.82) is 0 Å². The predicted molar refractivity (Wildman–Crippen MR) is 59.9 cm³/mol. The third-order valence-corrected chi connectivity index (χ3v) is 2.45. The molecule has 5 heteroatoms. The number of hydrogen-bond donors (Lipinski definition) is 1. The minimum Gasteiger partial charge on any atom is -0.301 e. The Hall–Kier alpha value is -1.62. The molecule has 1 N–H and O–H groups in total. The Balaban J connectivity index is 2.54. The Morgan fingerprint density at radius 1 is 1.47 bits per heavy atom. The number of aromatic nitrogens is 3. The number of thioether (sulfide) groups is 1. The van der Waals surface area contributed by atoms with Gasteiger partial charge in [-0.25, -0.2) is 4.98 Å². The first-order valence-corrected chi connectivity index (χ1v) is 5.58. The summed E-state index contributed by atoms with van der Waals surface area (Å²) in [5.41, 5.74) is 1.35. The maximum Gasteiger partial charge on any atom is 0.252 e. The monoisotopic (exact) mass is 219 g/mol. The Labute approximate surface area is 90.8 Å². The van der Waals surface area contributed by atoms with Crippen molar-refractivity contribution in [2.45, 2.75) is 5.16 Å². The molecule has 0 aliphatic carbocycles. The number of pyridine rings is 1. The molecule has 0 aliphatic heterocycles. The van der Waals surface area contributed by atoms with Crippen molar-refractivity contribution in [3.8, 4) is 11.3 Å². The quantitative estimate of drug-likeness (QED) is 0.615. The molecule has 0 aliphatic rings. The van der Waals surface area contributed by atoms with Gasteiger partial charge in [-0.15, -0.1) is 0 Å². The van der Waals surface area contributed by atoms with Gasteiger partial charge < -0.3 is 4.98 Å². The summed E-state index contributed by atoms with van der Waals surface area (Å²) in [5.74, 6) is 0. The first-order chi connectivity index (χ1) is 7.29. The van der Waals surface area contributed by atoms with Crippen molar-refractivity contribution in [1.82, 2.24) is 15.0 Å². The molecule has 76 valence electrons. The molecule has 15 heavy (non-hydrogen) atoms. The molecule has 2 rings (SSSR count). The Morgan fingerprint density at radius 2 is 2.33 bits per heavy atom. The van der Waals surface area contributed by atoms with Crippen LogP contribution in [0, 0.1) is 0 Å². The maximum atomic E-state index is 11.3. The number of aromatic amines is 1. The highest BCUT2D eigenvalue weighted by Gasteiger charge is 2.02. The minimum atomic E-state index is -0.145. The zero-order chi connectivity index (χ0) is 10.7. The van der Waals surface area contributed by atoms with Crippen molar-refractivity contribution in [3.05, 3.63) is 40.9 Å². The topological polar surface area (TPSA) is 58.6 Å². The molecule has 0 spiro atoms. The number of hydrogen-bond acceptors (Lipinski definition) is 4. The van der Waals surface area contributed by atoms with E-state index in [-0.39, 0.29) is 5.56 Å². The first-order valence-electron chi connectivity index (χ1n) is 4.35. The smallest absolute Gasteiger partial charge is 0.252 e. The zero-order valence-electron chi connectivity index (χ0n) is 8.10. The van der Waals surface area contributed by atoms with Crippen LogP contribution < -0.4 is 5.56 Å². The molecule has 2 aromatic rings. The van der Waals surface area contributed by atoms with Gasteiger partial charge in [-0.05, 0) is 18.4 Å². The summed E-state index contributed by atoms with van der Waals surface area (Å²) in [4.78, 5) is 22.2. The molecule has 0 saturated carbocycles. The van der Waals surface area contributed by atoms with E-state index in [1.165, 1.54) is 17.8 Å². The SMILES string of the molecule is CSc1nc(-c2cccnc2)cc(=O)[nH]1. The van der Waals surface area contributed by atoms with E-state index >= 15 is 0 Å². The summed E-state index contributed by atoms with van der Waals surface area (Å²) < 4.78 is 0. The maximum absolute atomic E-state index is 11.3. The van der Waals surface area contributed by atoms with Crippen LogP contribution >= 0.6 is 11.8 Å². The lowest BCUT2D eigenvalue weighted by Gasteiger charge is -2.01. The van der Waals surface area contributed by atoms with Crippen molar-refractivity contribution in [3.63, 3.8) is 0 Å². The van der Waals surface area contributed by atoms with Crippen molar-refractivity contribution >= 4 is 11.8 Å². The van der Waals surface area contributed by atoms with Crippen molar-refractivity contribution in [2.24, 2.45) is 0 Å². The lowest BCUT2D eigenvalue weighted by molar-refractivity contribution is 0.945. The molecule has 0 aromatic carbocycles. The molecule has 0 bridgehead atoms. The number of nitrogens with zero attached hydrogens (tertiary/aromatic N) is 2. The minimum absolute atomic E-state index is 0.145. The van der Waals surface area contributed by atoms with Crippen LogP contribution in [0.1, 0.15) is 0 Å². The van der Waals surface area contributed by atoms with Gasteiger partial charge in [-0.1, -0.05) is 11.8 Å². The largest absolute Gasteiger partial charge is 0.301 e. The number of rotatable bonds is 2. The zero-order valence-corrected chi connectivity index (χ0v) is 8.91. The van der Waals surface area contributed by atoms with E-state index in [0.29, 0.717) is 10.9 Å². The van der Waals surface area contributed by atoms with E-state index in [1.807, 2.05) is 18.4 Å². The summed E-state index contributed by atoms with van der Waals surface area (Å²) in [6.07, 6.45) is 5.24. The molecular weight excluding hydrogens is 210 g/mol. The van der Waals surface area contributed by atoms with Crippen LogP contribution in [0.5, 0.6) is 0 Å². The van der Waals surface area contributed by atoms with Gasteiger partial charge in [0.2, 0.25) is 0 Å². The fraction of sp³-hybridized carbons (Fsp3) is 0.100. The van der Waals surface area contributed by atoms with Gasteiger partial charge in [0.25, 0.3) is 5.56 Å². The van der Waals surface area contributed by atoms with Gasteiger partial charge >= 0.3 is 0 Å². The van der Waals surface area contributed by atoms with Crippen LogP contribution in [-0.2, 0) is 0 Å². The molecule has 0 unspecified atom stereocenters. The van der Waals surface area contributed by atoms with E-state index in [1.54, 1.807) is 12.4 Å². The van der Waals surface area contributed by atoms with Gasteiger partial charge in [-0.3, -0.25) is 9.78 Å². The Bertz CT molecular complexity index is 510. The molecule has 0 radical (unpaired) electrons. The number of nitrogens with one attached hydrogen (secondary N) is 1. The standard InChI is InChI=1S/C10H9N3OS/c1-15-10-12-8(5-9(14)13-10)7-3-2-4-11-6-7/h2-6H,1H3,(H,12,13,14). The van der Waals surface area contributed by atoms with Gasteiger partial charge in [-0.2, -0.15) is 0 Å². The fourth-order valence-corrected chi connectivity index (χ4v) is 1.59. The first kappa shape index (κ1) is 9.92. The highest BCUT2D eigenvalue weighted by molar-refractivity contribution is 7.98. The normalized spacial score (nSPS) is 10.2. The lowest BCUT2D eigenvalue weighted by atomic mass is 10.2. The van der Waals surface area contributed by atoms with Crippen LogP contribution in [0.3, 0.4) is 0 Å². The summed E-state index contributed by atoms with van der Waals surface area (Å²) in [7, 11) is 0. The Morgan fingerprint density at radius 3 is 3.00 bits per heavy atom. The van der Waals surface area contributed by atoms with Crippen molar-refractivity contribution in [2.75, 3.05) is 6.26 Å². The molecule has 0 saturated heterocycles. The van der Waals surface area contributed by atoms with E-state index < -0.39 is 0 Å². The molecule has 0 amide bonds. The molecule has 2 heterocycles. The highest BCUT2D eigenvalue weighted by Crippen LogP contribution is 2.15. The second kappa shape index (κ2) is 4.27. The molecule has 2 aromatic heterocycles. The highest BCUT2D eigenvalue weighted by atomic mass is 32.2. The van der Waals surface area contributed by atoms with Gasteiger partial charge in [0, 0.05) is 24.0 Å². The third-order valence-electron chi connectivity index (χ3n) is 1.87. The van der Waals surface area contributed by atoms with Crippen LogP contribution in [-0.4, -0.2) is 21.2 Å². The molecule has 4 nitrogen and oxygen atoms in total. The molecule has 0 fully saturated rings. The lowest BCUT2D eigenvalue weighted by Crippen LogP contribution is -2.07. The van der Waals surface area contributed by atoms with Gasteiger partial charge in [0.1, 0.15) is 0 Å². The van der Waals surface area contributed by atoms with E-state index in [0.717, 1.165) is 5.56 Å². The van der Waals surface area contributed by atoms with E-state index in [9.17, 15) is 4.79 Å².